The molecule has 0 heterocycles. The van der Waals surface area contributed by atoms with Crippen LogP contribution in [0.2, 0.25) is 0 Å². The maximum atomic E-state index is 11.5. The largest absolute Gasteiger partial charge is 0.347 e. The SMILES string of the molecule is CCC(=O)C(CCCCN=[N+]=[N-])NC(C)=O. The normalized spacial score (nSPS) is 11.4. The molecule has 1 atom stereocenters. The van der Waals surface area contributed by atoms with Gasteiger partial charge in [0.25, 0.3) is 0 Å². The molecule has 0 saturated heterocycles. The van der Waals surface area contributed by atoms with E-state index in [-0.39, 0.29) is 11.7 Å². The third-order valence-electron chi connectivity index (χ3n) is 2.18. The van der Waals surface area contributed by atoms with Gasteiger partial charge in [0.2, 0.25) is 5.91 Å². The fourth-order valence-electron chi connectivity index (χ4n) is 1.38. The minimum Gasteiger partial charge on any atom is -0.347 e. The first-order valence-corrected chi connectivity index (χ1v) is 5.42. The van der Waals surface area contributed by atoms with Crippen LogP contribution in [0.1, 0.15) is 39.5 Å². The Morgan fingerprint density at radius 3 is 2.62 bits per heavy atom. The Labute approximate surface area is 95.0 Å². The molecule has 0 rings (SSSR count). The quantitative estimate of drug-likeness (QED) is 0.296. The molecule has 0 saturated carbocycles. The van der Waals surface area contributed by atoms with Gasteiger partial charge in [-0.25, -0.2) is 0 Å². The average molecular weight is 226 g/mol. The second kappa shape index (κ2) is 8.73. The molecule has 6 heteroatoms. The van der Waals surface area contributed by atoms with Gasteiger partial charge in [0, 0.05) is 24.8 Å². The van der Waals surface area contributed by atoms with Gasteiger partial charge in [0.1, 0.15) is 0 Å². The van der Waals surface area contributed by atoms with Crippen molar-refractivity contribution in [2.24, 2.45) is 5.11 Å². The van der Waals surface area contributed by atoms with Crippen LogP contribution in [0.4, 0.5) is 0 Å². The van der Waals surface area contributed by atoms with Crippen LogP contribution in [0, 0.1) is 0 Å². The second-order valence-corrected chi connectivity index (χ2v) is 3.52. The number of carbonyl (C=O) groups is 2. The predicted octanol–water partition coefficient (Wildman–Crippen LogP) is 1.95. The summed E-state index contributed by atoms with van der Waals surface area (Å²) in [5.41, 5.74) is 8.07. The molecule has 0 fully saturated rings. The summed E-state index contributed by atoms with van der Waals surface area (Å²) in [6.45, 7) is 3.61. The van der Waals surface area contributed by atoms with Crippen molar-refractivity contribution in [3.63, 3.8) is 0 Å². The summed E-state index contributed by atoms with van der Waals surface area (Å²) in [5, 5.41) is 6.03. The number of azide groups is 1. The van der Waals surface area contributed by atoms with Gasteiger partial charge in [0.15, 0.2) is 5.78 Å². The number of Topliss-reactive ketones (excluding diaryl/α,β-unsaturated/α-hetero) is 1. The fourth-order valence-corrected chi connectivity index (χ4v) is 1.38. The Hall–Kier alpha value is -1.55. The van der Waals surface area contributed by atoms with Crippen molar-refractivity contribution in [2.45, 2.75) is 45.6 Å². The topological polar surface area (TPSA) is 94.9 Å². The van der Waals surface area contributed by atoms with Crippen molar-refractivity contribution in [3.8, 4) is 0 Å². The van der Waals surface area contributed by atoms with Crippen LogP contribution < -0.4 is 5.32 Å². The first-order chi connectivity index (χ1) is 7.61. The number of unbranched alkanes of at least 4 members (excludes halogenated alkanes) is 1. The van der Waals surface area contributed by atoms with Crippen LogP contribution >= 0.6 is 0 Å². The third kappa shape index (κ3) is 6.84. The van der Waals surface area contributed by atoms with Crippen molar-refractivity contribution in [3.05, 3.63) is 10.4 Å². The monoisotopic (exact) mass is 226 g/mol. The van der Waals surface area contributed by atoms with E-state index < -0.39 is 6.04 Å². The molecular formula is C10H18N4O2. The van der Waals surface area contributed by atoms with Gasteiger partial charge in [-0.3, -0.25) is 9.59 Å². The minimum atomic E-state index is -0.395. The van der Waals surface area contributed by atoms with E-state index in [1.54, 1.807) is 6.92 Å². The lowest BCUT2D eigenvalue weighted by Gasteiger charge is -2.15. The average Bonchev–Trinajstić information content (AvgIpc) is 2.25. The first-order valence-electron chi connectivity index (χ1n) is 5.42. The molecule has 0 aliphatic carbocycles. The van der Waals surface area contributed by atoms with Gasteiger partial charge in [0.05, 0.1) is 6.04 Å². The Morgan fingerprint density at radius 2 is 2.12 bits per heavy atom. The number of hydrogen-bond acceptors (Lipinski definition) is 3. The van der Waals surface area contributed by atoms with Gasteiger partial charge in [-0.2, -0.15) is 0 Å². The highest BCUT2D eigenvalue weighted by Crippen LogP contribution is 2.04. The van der Waals surface area contributed by atoms with E-state index in [4.69, 9.17) is 5.53 Å². The number of nitrogens with zero attached hydrogens (tertiary/aromatic N) is 3. The Balaban J connectivity index is 3.96. The lowest BCUT2D eigenvalue weighted by molar-refractivity contribution is -0.126. The first kappa shape index (κ1) is 14.5. The van der Waals surface area contributed by atoms with Crippen LogP contribution in [0.5, 0.6) is 0 Å². The van der Waals surface area contributed by atoms with Gasteiger partial charge in [-0.05, 0) is 18.4 Å². The molecular weight excluding hydrogens is 208 g/mol. The van der Waals surface area contributed by atoms with Crippen LogP contribution in [0.25, 0.3) is 10.4 Å². The lowest BCUT2D eigenvalue weighted by Crippen LogP contribution is -2.39. The number of carbonyl (C=O) groups excluding carboxylic acids is 2. The maximum Gasteiger partial charge on any atom is 0.217 e. The summed E-state index contributed by atoms with van der Waals surface area (Å²) in [5.74, 6) is -0.152. The van der Waals surface area contributed by atoms with E-state index in [0.717, 1.165) is 12.8 Å². The number of nitrogens with one attached hydrogen (secondary N) is 1. The summed E-state index contributed by atoms with van der Waals surface area (Å²) in [7, 11) is 0. The molecule has 0 aromatic carbocycles. The molecule has 90 valence electrons. The van der Waals surface area contributed by atoms with E-state index in [9.17, 15) is 9.59 Å². The van der Waals surface area contributed by atoms with Crippen LogP contribution in [0.3, 0.4) is 0 Å². The maximum absolute atomic E-state index is 11.5. The Bertz CT molecular complexity index is 285. The zero-order chi connectivity index (χ0) is 12.4. The molecule has 0 spiro atoms. The summed E-state index contributed by atoms with van der Waals surface area (Å²) in [6.07, 6.45) is 2.52. The number of amides is 1. The second-order valence-electron chi connectivity index (χ2n) is 3.52. The molecule has 1 amide bonds. The molecule has 1 unspecified atom stereocenters. The van der Waals surface area contributed by atoms with E-state index >= 15 is 0 Å². The fraction of sp³-hybridized carbons (Fsp3) is 0.800. The van der Waals surface area contributed by atoms with Gasteiger partial charge < -0.3 is 5.32 Å². The Morgan fingerprint density at radius 1 is 1.44 bits per heavy atom. The molecule has 16 heavy (non-hydrogen) atoms. The highest BCUT2D eigenvalue weighted by Gasteiger charge is 2.16. The van der Waals surface area contributed by atoms with E-state index in [1.807, 2.05) is 0 Å². The molecule has 0 aliphatic heterocycles. The van der Waals surface area contributed by atoms with E-state index in [0.29, 0.717) is 19.4 Å². The summed E-state index contributed by atoms with van der Waals surface area (Å²) >= 11 is 0. The lowest BCUT2D eigenvalue weighted by atomic mass is 10.0. The highest BCUT2D eigenvalue weighted by atomic mass is 16.2. The molecule has 0 radical (unpaired) electrons. The molecule has 0 bridgehead atoms. The molecule has 1 N–H and O–H groups in total. The number of ketones is 1. The van der Waals surface area contributed by atoms with Crippen molar-refractivity contribution in [1.82, 2.24) is 5.32 Å². The van der Waals surface area contributed by atoms with Gasteiger partial charge in [-0.15, -0.1) is 0 Å². The van der Waals surface area contributed by atoms with Crippen LogP contribution in [-0.4, -0.2) is 24.3 Å². The number of hydrogen-bond donors (Lipinski definition) is 1. The smallest absolute Gasteiger partial charge is 0.217 e. The van der Waals surface area contributed by atoms with Crippen molar-refractivity contribution < 1.29 is 9.59 Å². The summed E-state index contributed by atoms with van der Waals surface area (Å²) in [4.78, 5) is 25.0. The number of rotatable bonds is 8. The third-order valence-corrected chi connectivity index (χ3v) is 2.18. The van der Waals surface area contributed by atoms with E-state index in [1.165, 1.54) is 6.92 Å². The van der Waals surface area contributed by atoms with Gasteiger partial charge >= 0.3 is 0 Å². The molecule has 0 aliphatic rings. The minimum absolute atomic E-state index is 0.0407. The summed E-state index contributed by atoms with van der Waals surface area (Å²) in [6, 6.07) is -0.395. The molecule has 6 nitrogen and oxygen atoms in total. The van der Waals surface area contributed by atoms with Crippen LogP contribution in [0.15, 0.2) is 5.11 Å². The van der Waals surface area contributed by atoms with Gasteiger partial charge in [-0.1, -0.05) is 18.5 Å². The zero-order valence-corrected chi connectivity index (χ0v) is 9.77. The molecule has 0 aromatic rings. The van der Waals surface area contributed by atoms with Crippen molar-refractivity contribution >= 4 is 11.7 Å². The molecule has 0 aromatic heterocycles. The Kier molecular flexibility index (Phi) is 7.89. The van der Waals surface area contributed by atoms with E-state index in [2.05, 4.69) is 15.3 Å². The van der Waals surface area contributed by atoms with Crippen LogP contribution in [-0.2, 0) is 9.59 Å². The van der Waals surface area contributed by atoms with Crippen molar-refractivity contribution in [2.75, 3.05) is 6.54 Å². The zero-order valence-electron chi connectivity index (χ0n) is 9.77. The highest BCUT2D eigenvalue weighted by molar-refractivity contribution is 5.88. The predicted molar refractivity (Wildman–Crippen MR) is 60.8 cm³/mol. The summed E-state index contributed by atoms with van der Waals surface area (Å²) < 4.78 is 0. The standard InChI is InChI=1S/C10H18N4O2/c1-3-10(16)9(13-8(2)15)6-4-5-7-12-14-11/h9H,3-7H2,1-2H3,(H,13,15). The van der Waals surface area contributed by atoms with Crippen molar-refractivity contribution in [1.29, 1.82) is 0 Å².